The summed E-state index contributed by atoms with van der Waals surface area (Å²) in [5.74, 6) is 2.20. The summed E-state index contributed by atoms with van der Waals surface area (Å²) >= 11 is 0. The molecule has 0 spiro atoms. The minimum Gasteiger partial charge on any atom is -0.269 e. The van der Waals surface area contributed by atoms with Gasteiger partial charge in [0, 0.05) is 24.3 Å². The van der Waals surface area contributed by atoms with Crippen LogP contribution >= 0.6 is 0 Å². The normalized spacial score (nSPS) is 39.8. The van der Waals surface area contributed by atoms with E-state index in [4.69, 9.17) is 0 Å². The molecule has 2 saturated carbocycles. The molecule has 3 aliphatic rings. The number of aliphatic imine (C=N–C) groups is 1. The zero-order chi connectivity index (χ0) is 20.9. The van der Waals surface area contributed by atoms with E-state index < -0.39 is 0 Å². The van der Waals surface area contributed by atoms with Crippen molar-refractivity contribution < 1.29 is 4.39 Å². The Morgan fingerprint density at radius 1 is 1.21 bits per heavy atom. The highest BCUT2D eigenvalue weighted by molar-refractivity contribution is 5.54. The van der Waals surface area contributed by atoms with E-state index in [9.17, 15) is 4.39 Å². The molecular formula is C27H42FN. The lowest BCUT2D eigenvalue weighted by atomic mass is 9.62. The molecule has 4 unspecified atom stereocenters. The number of hydrogen-bond donors (Lipinski definition) is 0. The second kappa shape index (κ2) is 10.2. The van der Waals surface area contributed by atoms with Crippen molar-refractivity contribution in [3.63, 3.8) is 0 Å². The Kier molecular flexibility index (Phi) is 7.93. The first-order valence-corrected chi connectivity index (χ1v) is 12.2. The summed E-state index contributed by atoms with van der Waals surface area (Å²) in [6.45, 7) is 9.07. The molecule has 0 bridgehead atoms. The molecule has 2 heteroatoms. The van der Waals surface area contributed by atoms with Crippen molar-refractivity contribution in [1.29, 1.82) is 0 Å². The number of allylic oxidation sites excluding steroid dienone is 5. The topological polar surface area (TPSA) is 12.4 Å². The third-order valence-electron chi connectivity index (χ3n) is 8.23. The van der Waals surface area contributed by atoms with E-state index in [-0.39, 0.29) is 17.7 Å². The Bertz CT molecular complexity index is 647. The summed E-state index contributed by atoms with van der Waals surface area (Å²) in [6.07, 6.45) is 22.8. The molecule has 0 saturated heterocycles. The van der Waals surface area contributed by atoms with E-state index in [1.807, 2.05) is 25.4 Å². The van der Waals surface area contributed by atoms with Gasteiger partial charge in [-0.2, -0.15) is 0 Å². The Balaban J connectivity index is 1.73. The van der Waals surface area contributed by atoms with Crippen LogP contribution in [0.3, 0.4) is 0 Å². The zero-order valence-electron chi connectivity index (χ0n) is 19.2. The third kappa shape index (κ3) is 5.50. The standard InChI is InChI=1S/C27H42FN/c1-5-7-15-27(4)16-13-21(14-17-27)22-11-12-23(19-29-6-2)24-9-8-10-25(28)26(24)20(3)18-22/h6,8-10,19-22,24,26H,5,7,11-18H2,1-4H3/b23-19+,29-6-. The first-order valence-electron chi connectivity index (χ1n) is 12.2. The summed E-state index contributed by atoms with van der Waals surface area (Å²) in [5, 5.41) is 0. The van der Waals surface area contributed by atoms with Crippen LogP contribution in [-0.4, -0.2) is 6.21 Å². The van der Waals surface area contributed by atoms with Crippen LogP contribution in [0.5, 0.6) is 0 Å². The average molecular weight is 400 g/mol. The van der Waals surface area contributed by atoms with Crippen molar-refractivity contribution in [2.45, 2.75) is 91.9 Å². The van der Waals surface area contributed by atoms with Gasteiger partial charge in [-0.3, -0.25) is 4.99 Å². The molecule has 1 nitrogen and oxygen atoms in total. The lowest BCUT2D eigenvalue weighted by Gasteiger charge is -2.43. The maximum atomic E-state index is 14.9. The van der Waals surface area contributed by atoms with Gasteiger partial charge in [-0.1, -0.05) is 45.8 Å². The Morgan fingerprint density at radius 2 is 1.97 bits per heavy atom. The van der Waals surface area contributed by atoms with Crippen molar-refractivity contribution in [2.75, 3.05) is 0 Å². The van der Waals surface area contributed by atoms with Gasteiger partial charge in [0.15, 0.2) is 0 Å². The minimum atomic E-state index is -0.000447. The van der Waals surface area contributed by atoms with Crippen molar-refractivity contribution in [1.82, 2.24) is 0 Å². The first kappa shape index (κ1) is 22.5. The van der Waals surface area contributed by atoms with Crippen LogP contribution in [-0.2, 0) is 0 Å². The van der Waals surface area contributed by atoms with Gasteiger partial charge >= 0.3 is 0 Å². The van der Waals surface area contributed by atoms with Crippen LogP contribution < -0.4 is 0 Å². The van der Waals surface area contributed by atoms with Gasteiger partial charge in [0.1, 0.15) is 5.83 Å². The summed E-state index contributed by atoms with van der Waals surface area (Å²) in [6, 6.07) is 0. The molecule has 2 fully saturated rings. The monoisotopic (exact) mass is 399 g/mol. The molecule has 0 N–H and O–H groups in total. The van der Waals surface area contributed by atoms with Gasteiger partial charge < -0.3 is 0 Å². The predicted octanol–water partition coefficient (Wildman–Crippen LogP) is 8.44. The van der Waals surface area contributed by atoms with Crippen LogP contribution in [0.1, 0.15) is 91.9 Å². The maximum absolute atomic E-state index is 14.9. The lowest BCUT2D eigenvalue weighted by Crippen LogP contribution is -2.33. The SMILES string of the molecule is C/C=N\C=C1/CCC(C2CCC(C)(CCCC)CC2)CC(C)C2C(F)=CC=CC12. The molecule has 0 amide bonds. The molecule has 0 aromatic heterocycles. The van der Waals surface area contributed by atoms with E-state index in [1.54, 1.807) is 6.08 Å². The molecule has 0 radical (unpaired) electrons. The van der Waals surface area contributed by atoms with Crippen molar-refractivity contribution in [3.05, 3.63) is 35.8 Å². The highest BCUT2D eigenvalue weighted by Gasteiger charge is 2.39. The minimum absolute atomic E-state index is 0.000447. The number of halogens is 1. The number of rotatable bonds is 5. The summed E-state index contributed by atoms with van der Waals surface area (Å²) in [4.78, 5) is 4.43. The van der Waals surface area contributed by atoms with E-state index in [0.29, 0.717) is 11.3 Å². The van der Waals surface area contributed by atoms with E-state index in [2.05, 4.69) is 31.8 Å². The first-order chi connectivity index (χ1) is 14.0. The van der Waals surface area contributed by atoms with Crippen LogP contribution in [0.4, 0.5) is 4.39 Å². The quantitative estimate of drug-likeness (QED) is 0.411. The Morgan fingerprint density at radius 3 is 2.66 bits per heavy atom. The largest absolute Gasteiger partial charge is 0.269 e. The maximum Gasteiger partial charge on any atom is 0.104 e. The summed E-state index contributed by atoms with van der Waals surface area (Å²) < 4.78 is 14.9. The van der Waals surface area contributed by atoms with Crippen LogP contribution in [0.15, 0.2) is 40.8 Å². The third-order valence-corrected chi connectivity index (χ3v) is 8.23. The van der Waals surface area contributed by atoms with Crippen LogP contribution in [0, 0.1) is 35.0 Å². The molecule has 0 heterocycles. The fourth-order valence-corrected chi connectivity index (χ4v) is 6.32. The molecule has 29 heavy (non-hydrogen) atoms. The molecule has 0 aromatic carbocycles. The van der Waals surface area contributed by atoms with E-state index in [0.717, 1.165) is 18.3 Å². The molecule has 4 atom stereocenters. The molecule has 3 rings (SSSR count). The van der Waals surface area contributed by atoms with Gasteiger partial charge in [0.2, 0.25) is 0 Å². The zero-order valence-corrected chi connectivity index (χ0v) is 19.2. The highest BCUT2D eigenvalue weighted by atomic mass is 19.1. The van der Waals surface area contributed by atoms with Crippen LogP contribution in [0.25, 0.3) is 0 Å². The van der Waals surface area contributed by atoms with Gasteiger partial charge in [-0.25, -0.2) is 4.39 Å². The highest BCUT2D eigenvalue weighted by Crippen LogP contribution is 2.50. The summed E-state index contributed by atoms with van der Waals surface area (Å²) in [5.41, 5.74) is 1.89. The van der Waals surface area contributed by atoms with Gasteiger partial charge in [-0.05, 0) is 93.1 Å². The smallest absolute Gasteiger partial charge is 0.104 e. The van der Waals surface area contributed by atoms with Gasteiger partial charge in [0.25, 0.3) is 0 Å². The fraction of sp³-hybridized carbons (Fsp3) is 0.741. The molecule has 0 aliphatic heterocycles. The number of hydrogen-bond acceptors (Lipinski definition) is 1. The van der Waals surface area contributed by atoms with Gasteiger partial charge in [-0.15, -0.1) is 0 Å². The van der Waals surface area contributed by atoms with E-state index in [1.165, 1.54) is 63.4 Å². The fourth-order valence-electron chi connectivity index (χ4n) is 6.32. The average Bonchev–Trinajstić information content (AvgIpc) is 2.70. The Hall–Kier alpha value is -1.18. The van der Waals surface area contributed by atoms with Gasteiger partial charge in [0.05, 0.1) is 0 Å². The lowest BCUT2D eigenvalue weighted by molar-refractivity contribution is 0.0959. The number of fused-ring (bicyclic) bond motifs is 1. The van der Waals surface area contributed by atoms with Crippen LogP contribution in [0.2, 0.25) is 0 Å². The Labute approximate surface area is 178 Å². The van der Waals surface area contributed by atoms with Crippen molar-refractivity contribution in [2.24, 2.45) is 40.0 Å². The second-order valence-electron chi connectivity index (χ2n) is 10.4. The number of nitrogens with zero attached hydrogens (tertiary/aromatic N) is 1. The molecule has 162 valence electrons. The summed E-state index contributed by atoms with van der Waals surface area (Å²) in [7, 11) is 0. The predicted molar refractivity (Wildman–Crippen MR) is 124 cm³/mol. The number of unbranched alkanes of at least 4 members (excludes halogenated alkanes) is 1. The molecule has 0 aromatic rings. The van der Waals surface area contributed by atoms with Crippen molar-refractivity contribution >= 4 is 6.21 Å². The second-order valence-corrected chi connectivity index (χ2v) is 10.4. The van der Waals surface area contributed by atoms with Crippen molar-refractivity contribution in [3.8, 4) is 0 Å². The molecular weight excluding hydrogens is 357 g/mol. The van der Waals surface area contributed by atoms with E-state index >= 15 is 0 Å². The molecule has 3 aliphatic carbocycles.